The second-order valence-corrected chi connectivity index (χ2v) is 7.62. The van der Waals surface area contributed by atoms with Crippen LogP contribution in [0.5, 0.6) is 11.5 Å². The smallest absolute Gasteiger partial charge is 0.260 e. The lowest BCUT2D eigenvalue weighted by Crippen LogP contribution is -2.57. The quantitative estimate of drug-likeness (QED) is 0.741. The monoisotopic (exact) mass is 380 g/mol. The predicted octanol–water partition coefficient (Wildman–Crippen LogP) is 2.99. The van der Waals surface area contributed by atoms with Crippen molar-refractivity contribution in [1.29, 1.82) is 0 Å². The van der Waals surface area contributed by atoms with E-state index in [-0.39, 0.29) is 18.6 Å². The van der Waals surface area contributed by atoms with Gasteiger partial charge >= 0.3 is 0 Å². The molecule has 1 saturated carbocycles. The normalized spacial score (nSPS) is 20.0. The van der Waals surface area contributed by atoms with Crippen molar-refractivity contribution < 1.29 is 14.3 Å². The number of amides is 1. The van der Waals surface area contributed by atoms with Crippen molar-refractivity contribution in [2.75, 3.05) is 33.4 Å². The summed E-state index contributed by atoms with van der Waals surface area (Å²) in [6, 6.07) is 18.7. The Morgan fingerprint density at radius 1 is 1.00 bits per heavy atom. The number of piperazine rings is 1. The molecule has 5 heteroatoms. The first-order valence-electron chi connectivity index (χ1n) is 10.1. The number of carbonyl (C=O) groups is 1. The molecule has 5 nitrogen and oxygen atoms in total. The maximum absolute atomic E-state index is 12.9. The van der Waals surface area contributed by atoms with E-state index < -0.39 is 0 Å². The molecule has 1 unspecified atom stereocenters. The highest BCUT2D eigenvalue weighted by atomic mass is 16.5. The molecule has 28 heavy (non-hydrogen) atoms. The minimum Gasteiger partial charge on any atom is -0.497 e. The van der Waals surface area contributed by atoms with Gasteiger partial charge in [0.1, 0.15) is 11.5 Å². The minimum atomic E-state index is 0.0622. The fourth-order valence-corrected chi connectivity index (χ4v) is 3.94. The van der Waals surface area contributed by atoms with Crippen LogP contribution < -0.4 is 9.47 Å². The summed E-state index contributed by atoms with van der Waals surface area (Å²) in [6.07, 6.45) is 3.48. The number of methoxy groups -OCH3 is 1. The molecule has 1 amide bonds. The Balaban J connectivity index is 1.39. The van der Waals surface area contributed by atoms with E-state index in [0.29, 0.717) is 5.75 Å². The Morgan fingerprint density at radius 3 is 2.39 bits per heavy atom. The van der Waals surface area contributed by atoms with Crippen LogP contribution >= 0.6 is 0 Å². The summed E-state index contributed by atoms with van der Waals surface area (Å²) in [4.78, 5) is 17.5. The van der Waals surface area contributed by atoms with Crippen LogP contribution in [0.3, 0.4) is 0 Å². The first kappa shape index (κ1) is 18.8. The molecule has 0 bridgehead atoms. The van der Waals surface area contributed by atoms with Crippen molar-refractivity contribution in [3.05, 3.63) is 60.2 Å². The number of benzene rings is 2. The summed E-state index contributed by atoms with van der Waals surface area (Å²) in [5, 5.41) is 0. The Hall–Kier alpha value is -2.53. The molecule has 1 aliphatic carbocycles. The minimum absolute atomic E-state index is 0.0622. The van der Waals surface area contributed by atoms with Gasteiger partial charge in [-0.15, -0.1) is 0 Å². The number of hydrogen-bond acceptors (Lipinski definition) is 4. The summed E-state index contributed by atoms with van der Waals surface area (Å²) in [5.41, 5.74) is 1.28. The molecule has 0 N–H and O–H groups in total. The fourth-order valence-electron chi connectivity index (χ4n) is 3.94. The molecular weight excluding hydrogens is 352 g/mol. The van der Waals surface area contributed by atoms with Crippen LogP contribution in [0.1, 0.15) is 18.4 Å². The standard InChI is InChI=1S/C23H28N2O3/c1-27-21-9-11-22(12-10-21)28-17-23(26)25-14-13-24(19-7-8-19)16-20(25)15-18-5-3-2-4-6-18/h2-6,9-12,19-20H,7-8,13-17H2,1H3. The third kappa shape index (κ3) is 4.65. The van der Waals surface area contributed by atoms with Gasteiger partial charge in [-0.3, -0.25) is 9.69 Å². The van der Waals surface area contributed by atoms with Crippen LogP contribution in [-0.2, 0) is 11.2 Å². The second kappa shape index (κ2) is 8.65. The van der Waals surface area contributed by atoms with E-state index in [1.165, 1.54) is 18.4 Å². The summed E-state index contributed by atoms with van der Waals surface area (Å²) >= 11 is 0. The van der Waals surface area contributed by atoms with Gasteiger partial charge in [0.15, 0.2) is 6.61 Å². The average molecular weight is 380 g/mol. The summed E-state index contributed by atoms with van der Waals surface area (Å²) in [5.74, 6) is 1.52. The van der Waals surface area contributed by atoms with Gasteiger partial charge in [-0.2, -0.15) is 0 Å². The van der Waals surface area contributed by atoms with Crippen molar-refractivity contribution in [2.45, 2.75) is 31.3 Å². The maximum Gasteiger partial charge on any atom is 0.260 e. The van der Waals surface area contributed by atoms with Crippen molar-refractivity contribution in [3.63, 3.8) is 0 Å². The first-order valence-corrected chi connectivity index (χ1v) is 10.1. The maximum atomic E-state index is 12.9. The van der Waals surface area contributed by atoms with Crippen molar-refractivity contribution >= 4 is 5.91 Å². The zero-order chi connectivity index (χ0) is 19.3. The molecule has 1 aliphatic heterocycles. The van der Waals surface area contributed by atoms with Gasteiger partial charge in [0.2, 0.25) is 0 Å². The van der Waals surface area contributed by atoms with Crippen molar-refractivity contribution in [3.8, 4) is 11.5 Å². The van der Waals surface area contributed by atoms with Crippen LogP contribution in [-0.4, -0.2) is 61.1 Å². The Morgan fingerprint density at radius 2 is 1.71 bits per heavy atom. The van der Waals surface area contributed by atoms with E-state index in [1.807, 2.05) is 35.2 Å². The van der Waals surface area contributed by atoms with E-state index in [0.717, 1.165) is 37.8 Å². The average Bonchev–Trinajstić information content (AvgIpc) is 3.58. The van der Waals surface area contributed by atoms with Crippen LogP contribution in [0.4, 0.5) is 0 Å². The van der Waals surface area contributed by atoms with Gasteiger partial charge in [0.05, 0.1) is 7.11 Å². The van der Waals surface area contributed by atoms with Crippen molar-refractivity contribution in [2.24, 2.45) is 0 Å². The SMILES string of the molecule is COc1ccc(OCC(=O)N2CCN(C3CC3)CC2Cc2ccccc2)cc1. The topological polar surface area (TPSA) is 42.0 Å². The van der Waals surface area contributed by atoms with Crippen molar-refractivity contribution in [1.82, 2.24) is 9.80 Å². The van der Waals surface area contributed by atoms with Crippen LogP contribution in [0.25, 0.3) is 0 Å². The molecule has 1 heterocycles. The van der Waals surface area contributed by atoms with Crippen LogP contribution in [0.15, 0.2) is 54.6 Å². The number of hydrogen-bond donors (Lipinski definition) is 0. The lowest BCUT2D eigenvalue weighted by molar-refractivity contribution is -0.138. The number of ether oxygens (including phenoxy) is 2. The Kier molecular flexibility index (Phi) is 5.81. The molecule has 0 radical (unpaired) electrons. The molecule has 2 aromatic rings. The van der Waals surface area contributed by atoms with Gasteiger partial charge in [0.25, 0.3) is 5.91 Å². The molecule has 1 saturated heterocycles. The molecule has 4 rings (SSSR count). The fraction of sp³-hybridized carbons (Fsp3) is 0.435. The van der Waals surface area contributed by atoms with E-state index in [2.05, 4.69) is 29.2 Å². The first-order chi connectivity index (χ1) is 13.7. The van der Waals surface area contributed by atoms with Crippen LogP contribution in [0.2, 0.25) is 0 Å². The van der Waals surface area contributed by atoms with Gasteiger partial charge in [-0.1, -0.05) is 30.3 Å². The van der Waals surface area contributed by atoms with E-state index in [9.17, 15) is 4.79 Å². The molecule has 2 fully saturated rings. The summed E-state index contributed by atoms with van der Waals surface area (Å²) in [7, 11) is 1.63. The largest absolute Gasteiger partial charge is 0.497 e. The molecule has 148 valence electrons. The second-order valence-electron chi connectivity index (χ2n) is 7.62. The highest BCUT2D eigenvalue weighted by Gasteiger charge is 2.37. The third-order valence-electron chi connectivity index (χ3n) is 5.63. The molecule has 0 spiro atoms. The highest BCUT2D eigenvalue weighted by molar-refractivity contribution is 5.78. The van der Waals surface area contributed by atoms with Gasteiger partial charge < -0.3 is 14.4 Å². The predicted molar refractivity (Wildman–Crippen MR) is 109 cm³/mol. The van der Waals surface area contributed by atoms with E-state index in [1.54, 1.807) is 7.11 Å². The zero-order valence-corrected chi connectivity index (χ0v) is 16.4. The molecule has 2 aromatic carbocycles. The molecular formula is C23H28N2O3. The lowest BCUT2D eigenvalue weighted by Gasteiger charge is -2.41. The molecule has 2 aliphatic rings. The summed E-state index contributed by atoms with van der Waals surface area (Å²) in [6.45, 7) is 2.76. The van der Waals surface area contributed by atoms with Gasteiger partial charge in [-0.25, -0.2) is 0 Å². The summed E-state index contributed by atoms with van der Waals surface area (Å²) < 4.78 is 10.9. The number of nitrogens with zero attached hydrogens (tertiary/aromatic N) is 2. The van der Waals surface area contributed by atoms with E-state index in [4.69, 9.17) is 9.47 Å². The number of rotatable bonds is 7. The van der Waals surface area contributed by atoms with Crippen LogP contribution in [0, 0.1) is 0 Å². The third-order valence-corrected chi connectivity index (χ3v) is 5.63. The molecule has 1 atom stereocenters. The Labute approximate surface area is 166 Å². The Bertz CT molecular complexity index is 774. The highest BCUT2D eigenvalue weighted by Crippen LogP contribution is 2.29. The van der Waals surface area contributed by atoms with E-state index >= 15 is 0 Å². The van der Waals surface area contributed by atoms with Gasteiger partial charge in [0, 0.05) is 31.7 Å². The zero-order valence-electron chi connectivity index (χ0n) is 16.4. The lowest BCUT2D eigenvalue weighted by atomic mass is 10.0. The number of carbonyl (C=O) groups excluding carboxylic acids is 1. The molecule has 0 aromatic heterocycles. The van der Waals surface area contributed by atoms with Gasteiger partial charge in [-0.05, 0) is 49.1 Å².